The van der Waals surface area contributed by atoms with Crippen molar-refractivity contribution in [1.29, 1.82) is 0 Å². The van der Waals surface area contributed by atoms with E-state index in [1.165, 1.54) is 0 Å². The lowest BCUT2D eigenvalue weighted by Gasteiger charge is -2.26. The van der Waals surface area contributed by atoms with Gasteiger partial charge in [0.15, 0.2) is 0 Å². The first kappa shape index (κ1) is 13.8. The van der Waals surface area contributed by atoms with E-state index in [-0.39, 0.29) is 11.9 Å². The van der Waals surface area contributed by atoms with Gasteiger partial charge in [-0.25, -0.2) is 0 Å². The minimum Gasteiger partial charge on any atom is -0.406 e. The lowest BCUT2D eigenvalue weighted by molar-refractivity contribution is -0.134. The molecular weight excluding hydrogens is 250 g/mol. The summed E-state index contributed by atoms with van der Waals surface area (Å²) in [6.07, 6.45) is 0.385. The van der Waals surface area contributed by atoms with Crippen molar-refractivity contribution in [1.82, 2.24) is 15.1 Å². The van der Waals surface area contributed by atoms with Crippen LogP contribution in [0.1, 0.15) is 25.3 Å². The van der Waals surface area contributed by atoms with Crippen molar-refractivity contribution in [2.45, 2.75) is 19.4 Å². The number of carbonyl (C=O) groups excluding carboxylic acids is 1. The molecule has 0 spiro atoms. The Kier molecular flexibility index (Phi) is 4.69. The molecule has 1 amide bonds. The summed E-state index contributed by atoms with van der Waals surface area (Å²) >= 11 is 0. The Bertz CT molecular complexity index is 414. The lowest BCUT2D eigenvalue weighted by atomic mass is 10.3. The molecule has 1 aromatic heterocycles. The molecule has 0 radical (unpaired) electrons. The van der Waals surface area contributed by atoms with E-state index in [9.17, 15) is 4.79 Å². The number of hydrogen-bond donors (Lipinski definition) is 2. The lowest BCUT2D eigenvalue weighted by Crippen LogP contribution is -2.41. The van der Waals surface area contributed by atoms with Crippen LogP contribution in [0.15, 0.2) is 4.42 Å². The molecule has 8 heteroatoms. The van der Waals surface area contributed by atoms with Crippen molar-refractivity contribution in [2.24, 2.45) is 5.73 Å². The average Bonchev–Trinajstić information content (AvgIpc) is 2.89. The zero-order valence-corrected chi connectivity index (χ0v) is 11.0. The first-order chi connectivity index (χ1) is 9.16. The van der Waals surface area contributed by atoms with Gasteiger partial charge in [-0.1, -0.05) is 5.10 Å². The second-order valence-corrected chi connectivity index (χ2v) is 4.40. The molecule has 0 aromatic carbocycles. The standard InChI is InChI=1S/C11H19N5O3/c1-8(12)10-14-15-11(19-10)13-3-2-9(17)16-4-6-18-7-5-16/h8H,2-7,12H2,1H3,(H,13,15). The number of morpholine rings is 1. The number of nitrogens with two attached hydrogens (primary N) is 1. The topological polar surface area (TPSA) is 107 Å². The van der Waals surface area contributed by atoms with Crippen LogP contribution in [0.2, 0.25) is 0 Å². The quantitative estimate of drug-likeness (QED) is 0.759. The van der Waals surface area contributed by atoms with Crippen LogP contribution in [0.25, 0.3) is 0 Å². The number of ether oxygens (including phenoxy) is 1. The molecule has 1 unspecified atom stereocenters. The van der Waals surface area contributed by atoms with Crippen LogP contribution in [0.5, 0.6) is 0 Å². The molecule has 3 N–H and O–H groups in total. The van der Waals surface area contributed by atoms with Gasteiger partial charge in [0.05, 0.1) is 19.3 Å². The van der Waals surface area contributed by atoms with Crippen LogP contribution in [0.3, 0.4) is 0 Å². The fourth-order valence-electron chi connectivity index (χ4n) is 1.74. The number of amides is 1. The van der Waals surface area contributed by atoms with E-state index in [0.29, 0.717) is 51.2 Å². The molecule has 106 valence electrons. The summed E-state index contributed by atoms with van der Waals surface area (Å²) in [6.45, 7) is 4.76. The number of nitrogens with one attached hydrogen (secondary N) is 1. The number of anilines is 1. The Balaban J connectivity index is 1.71. The van der Waals surface area contributed by atoms with Crippen LogP contribution in [-0.4, -0.2) is 53.9 Å². The van der Waals surface area contributed by atoms with Crippen LogP contribution < -0.4 is 11.1 Å². The molecule has 8 nitrogen and oxygen atoms in total. The van der Waals surface area contributed by atoms with Gasteiger partial charge in [0.1, 0.15) is 0 Å². The second-order valence-electron chi connectivity index (χ2n) is 4.40. The molecule has 19 heavy (non-hydrogen) atoms. The fraction of sp³-hybridized carbons (Fsp3) is 0.727. The Morgan fingerprint density at radius 1 is 1.47 bits per heavy atom. The molecule has 1 aromatic rings. The summed E-state index contributed by atoms with van der Waals surface area (Å²) in [5.74, 6) is 0.477. The Morgan fingerprint density at radius 2 is 2.21 bits per heavy atom. The van der Waals surface area contributed by atoms with Gasteiger partial charge >= 0.3 is 6.01 Å². The van der Waals surface area contributed by atoms with Crippen molar-refractivity contribution in [3.05, 3.63) is 5.89 Å². The minimum absolute atomic E-state index is 0.0998. The number of rotatable bonds is 5. The van der Waals surface area contributed by atoms with Crippen LogP contribution in [0.4, 0.5) is 6.01 Å². The van der Waals surface area contributed by atoms with Crippen molar-refractivity contribution in [3.63, 3.8) is 0 Å². The van der Waals surface area contributed by atoms with E-state index < -0.39 is 0 Å². The average molecular weight is 269 g/mol. The molecule has 1 saturated heterocycles. The van der Waals surface area contributed by atoms with Gasteiger partial charge in [-0.2, -0.15) is 0 Å². The molecular formula is C11H19N5O3. The summed E-state index contributed by atoms with van der Waals surface area (Å²) in [7, 11) is 0. The first-order valence-electron chi connectivity index (χ1n) is 6.35. The molecule has 1 fully saturated rings. The van der Waals surface area contributed by atoms with Gasteiger partial charge in [0.2, 0.25) is 11.8 Å². The van der Waals surface area contributed by atoms with Crippen molar-refractivity contribution in [3.8, 4) is 0 Å². The predicted molar refractivity (Wildman–Crippen MR) is 67.4 cm³/mol. The molecule has 2 heterocycles. The van der Waals surface area contributed by atoms with Gasteiger partial charge in [-0.05, 0) is 6.92 Å². The first-order valence-corrected chi connectivity index (χ1v) is 6.35. The Hall–Kier alpha value is -1.67. The van der Waals surface area contributed by atoms with E-state index in [1.54, 1.807) is 11.8 Å². The highest BCUT2D eigenvalue weighted by Gasteiger charge is 2.16. The number of nitrogens with zero attached hydrogens (tertiary/aromatic N) is 3. The summed E-state index contributed by atoms with van der Waals surface area (Å²) < 4.78 is 10.5. The van der Waals surface area contributed by atoms with Gasteiger partial charge in [0.25, 0.3) is 0 Å². The van der Waals surface area contributed by atoms with Crippen LogP contribution >= 0.6 is 0 Å². The normalized spacial score (nSPS) is 17.3. The smallest absolute Gasteiger partial charge is 0.315 e. The number of hydrogen-bond acceptors (Lipinski definition) is 7. The highest BCUT2D eigenvalue weighted by molar-refractivity contribution is 5.76. The van der Waals surface area contributed by atoms with Crippen LogP contribution in [0, 0.1) is 0 Å². The highest BCUT2D eigenvalue weighted by atomic mass is 16.5. The third-order valence-electron chi connectivity index (χ3n) is 2.81. The van der Waals surface area contributed by atoms with Crippen molar-refractivity contribution < 1.29 is 13.9 Å². The van der Waals surface area contributed by atoms with E-state index in [2.05, 4.69) is 15.5 Å². The van der Waals surface area contributed by atoms with Crippen molar-refractivity contribution >= 4 is 11.9 Å². The van der Waals surface area contributed by atoms with Gasteiger partial charge in [-0.15, -0.1) is 5.10 Å². The maximum absolute atomic E-state index is 11.8. The molecule has 0 aliphatic carbocycles. The summed E-state index contributed by atoms with van der Waals surface area (Å²) in [6, 6.07) is 0.000101. The summed E-state index contributed by atoms with van der Waals surface area (Å²) in [5, 5.41) is 10.5. The third kappa shape index (κ3) is 3.90. The molecule has 2 rings (SSSR count). The van der Waals surface area contributed by atoms with Crippen LogP contribution in [-0.2, 0) is 9.53 Å². The maximum atomic E-state index is 11.8. The van der Waals surface area contributed by atoms with Gasteiger partial charge < -0.3 is 25.1 Å². The highest BCUT2D eigenvalue weighted by Crippen LogP contribution is 2.11. The number of carbonyl (C=O) groups is 1. The maximum Gasteiger partial charge on any atom is 0.315 e. The zero-order chi connectivity index (χ0) is 13.7. The molecule has 0 saturated carbocycles. The number of aromatic nitrogens is 2. The largest absolute Gasteiger partial charge is 0.406 e. The Labute approximate surface area is 111 Å². The minimum atomic E-state index is -0.293. The third-order valence-corrected chi connectivity index (χ3v) is 2.81. The molecule has 1 atom stereocenters. The van der Waals surface area contributed by atoms with E-state index in [0.717, 1.165) is 0 Å². The summed E-state index contributed by atoms with van der Waals surface area (Å²) in [5.41, 5.74) is 5.60. The fourth-order valence-corrected chi connectivity index (χ4v) is 1.74. The Morgan fingerprint density at radius 3 is 2.84 bits per heavy atom. The predicted octanol–water partition coefficient (Wildman–Crippen LogP) is -0.250. The SMILES string of the molecule is CC(N)c1nnc(NCCC(=O)N2CCOCC2)o1. The van der Waals surface area contributed by atoms with E-state index >= 15 is 0 Å². The molecule has 1 aliphatic heterocycles. The molecule has 0 bridgehead atoms. The van der Waals surface area contributed by atoms with E-state index in [1.807, 2.05) is 0 Å². The van der Waals surface area contributed by atoms with Gasteiger partial charge in [-0.3, -0.25) is 4.79 Å². The van der Waals surface area contributed by atoms with Gasteiger partial charge in [0, 0.05) is 26.1 Å². The molecule has 1 aliphatic rings. The van der Waals surface area contributed by atoms with E-state index in [4.69, 9.17) is 14.9 Å². The van der Waals surface area contributed by atoms with Crippen molar-refractivity contribution in [2.75, 3.05) is 38.2 Å². The monoisotopic (exact) mass is 269 g/mol. The summed E-state index contributed by atoms with van der Waals surface area (Å²) in [4.78, 5) is 13.6. The second kappa shape index (κ2) is 6.48. The zero-order valence-electron chi connectivity index (χ0n) is 11.0.